The van der Waals surface area contributed by atoms with E-state index in [0.29, 0.717) is 43.1 Å². The molecule has 1 aliphatic carbocycles. The maximum Gasteiger partial charge on any atom is 0.274 e. The van der Waals surface area contributed by atoms with Crippen molar-refractivity contribution in [3.05, 3.63) is 53.5 Å². The molecule has 5 rings (SSSR count). The van der Waals surface area contributed by atoms with Crippen molar-refractivity contribution in [3.8, 4) is 0 Å². The molecular weight excluding hydrogens is 434 g/mol. The van der Waals surface area contributed by atoms with Crippen molar-refractivity contribution in [3.63, 3.8) is 0 Å². The zero-order valence-electron chi connectivity index (χ0n) is 19.2. The summed E-state index contributed by atoms with van der Waals surface area (Å²) >= 11 is 0. The first-order chi connectivity index (χ1) is 16.5. The molecule has 1 aromatic carbocycles. The number of hydrogen-bond donors (Lipinski definition) is 3. The van der Waals surface area contributed by atoms with Gasteiger partial charge in [-0.15, -0.1) is 0 Å². The summed E-state index contributed by atoms with van der Waals surface area (Å²) in [5, 5.41) is 12.7. The second-order valence-electron chi connectivity index (χ2n) is 9.28. The molecule has 0 unspecified atom stereocenters. The van der Waals surface area contributed by atoms with Crippen molar-refractivity contribution in [2.24, 2.45) is 13.0 Å². The fourth-order valence-electron chi connectivity index (χ4n) is 5.24. The third-order valence-electron chi connectivity index (χ3n) is 7.17. The molecule has 1 spiro atoms. The standard InChI is InChI=1S/C25H29N5O4/c1-30-21(8-11-26-30)23(32)28-20(14-16-4-2-3-5-16)22(31)27-17-6-7-18-19(15-17)29-24(33)25(18)9-12-34-13-10-25/h6-8,11,14-16H,2-5,9-10,12-13H2,1H3,(H,27,31)(H,28,32)(H,29,33)/b20-14+. The number of benzene rings is 1. The van der Waals surface area contributed by atoms with E-state index in [1.54, 1.807) is 25.4 Å². The number of aromatic nitrogens is 2. The van der Waals surface area contributed by atoms with Crippen molar-refractivity contribution < 1.29 is 19.1 Å². The number of carbonyl (C=O) groups excluding carboxylic acids is 3. The van der Waals surface area contributed by atoms with Crippen molar-refractivity contribution in [1.29, 1.82) is 0 Å². The van der Waals surface area contributed by atoms with Crippen LogP contribution in [-0.4, -0.2) is 40.7 Å². The van der Waals surface area contributed by atoms with Crippen LogP contribution in [0.15, 0.2) is 42.2 Å². The Morgan fingerprint density at radius 3 is 2.68 bits per heavy atom. The van der Waals surface area contributed by atoms with Crippen molar-refractivity contribution >= 4 is 29.1 Å². The summed E-state index contributed by atoms with van der Waals surface area (Å²) in [5.41, 5.74) is 2.26. The highest BCUT2D eigenvalue weighted by Crippen LogP contribution is 2.45. The monoisotopic (exact) mass is 463 g/mol. The molecule has 2 aliphatic heterocycles. The lowest BCUT2D eigenvalue weighted by Gasteiger charge is -2.31. The van der Waals surface area contributed by atoms with Gasteiger partial charge in [-0.05, 0) is 55.4 Å². The van der Waals surface area contributed by atoms with E-state index in [1.807, 2.05) is 18.2 Å². The first kappa shape index (κ1) is 22.3. The average molecular weight is 464 g/mol. The lowest BCUT2D eigenvalue weighted by Crippen LogP contribution is -2.39. The first-order valence-electron chi connectivity index (χ1n) is 11.8. The maximum absolute atomic E-state index is 13.2. The summed E-state index contributed by atoms with van der Waals surface area (Å²) < 4.78 is 6.93. The highest BCUT2D eigenvalue weighted by molar-refractivity contribution is 6.10. The van der Waals surface area contributed by atoms with E-state index >= 15 is 0 Å². The fourth-order valence-corrected chi connectivity index (χ4v) is 5.24. The first-order valence-corrected chi connectivity index (χ1v) is 11.8. The largest absolute Gasteiger partial charge is 0.381 e. The highest BCUT2D eigenvalue weighted by Gasteiger charge is 2.47. The molecule has 9 nitrogen and oxygen atoms in total. The molecule has 3 amide bonds. The van der Waals surface area contributed by atoms with Gasteiger partial charge in [-0.1, -0.05) is 25.0 Å². The van der Waals surface area contributed by atoms with Crippen LogP contribution in [0.3, 0.4) is 0 Å². The van der Waals surface area contributed by atoms with Crippen LogP contribution in [0.25, 0.3) is 0 Å². The minimum Gasteiger partial charge on any atom is -0.381 e. The predicted molar refractivity (Wildman–Crippen MR) is 126 cm³/mol. The number of aryl methyl sites for hydroxylation is 1. The van der Waals surface area contributed by atoms with Gasteiger partial charge in [0.25, 0.3) is 11.8 Å². The van der Waals surface area contributed by atoms with Gasteiger partial charge in [0.2, 0.25) is 5.91 Å². The van der Waals surface area contributed by atoms with E-state index < -0.39 is 11.3 Å². The van der Waals surface area contributed by atoms with Crippen LogP contribution in [0.4, 0.5) is 11.4 Å². The smallest absolute Gasteiger partial charge is 0.274 e. The van der Waals surface area contributed by atoms with Gasteiger partial charge in [-0.25, -0.2) is 0 Å². The number of rotatable bonds is 5. The van der Waals surface area contributed by atoms with Crippen LogP contribution in [0, 0.1) is 5.92 Å². The Hall–Kier alpha value is -3.46. The minimum atomic E-state index is -0.555. The second-order valence-corrected chi connectivity index (χ2v) is 9.28. The summed E-state index contributed by atoms with van der Waals surface area (Å²) in [7, 11) is 1.68. The lowest BCUT2D eigenvalue weighted by molar-refractivity contribution is -0.124. The van der Waals surface area contributed by atoms with Crippen LogP contribution < -0.4 is 16.0 Å². The van der Waals surface area contributed by atoms with Gasteiger partial charge < -0.3 is 20.7 Å². The summed E-state index contributed by atoms with van der Waals surface area (Å²) in [5.74, 6) is -0.547. The zero-order valence-corrected chi connectivity index (χ0v) is 19.2. The molecular formula is C25H29N5O4. The van der Waals surface area contributed by atoms with Crippen molar-refractivity contribution in [2.45, 2.75) is 43.9 Å². The normalized spacial score (nSPS) is 19.7. The van der Waals surface area contributed by atoms with E-state index in [4.69, 9.17) is 4.74 Å². The number of allylic oxidation sites excluding steroid dienone is 1. The van der Waals surface area contributed by atoms with Crippen LogP contribution >= 0.6 is 0 Å². The molecule has 34 heavy (non-hydrogen) atoms. The van der Waals surface area contributed by atoms with Crippen LogP contribution in [0.2, 0.25) is 0 Å². The highest BCUT2D eigenvalue weighted by atomic mass is 16.5. The van der Waals surface area contributed by atoms with Gasteiger partial charge in [-0.3, -0.25) is 19.1 Å². The number of nitrogens with one attached hydrogen (secondary N) is 3. The third-order valence-corrected chi connectivity index (χ3v) is 7.17. The summed E-state index contributed by atoms with van der Waals surface area (Å²) in [6.45, 7) is 1.11. The Morgan fingerprint density at radius 2 is 1.97 bits per heavy atom. The molecule has 3 aliphatic rings. The predicted octanol–water partition coefficient (Wildman–Crippen LogP) is 2.86. The van der Waals surface area contributed by atoms with E-state index in [2.05, 4.69) is 21.0 Å². The molecule has 9 heteroatoms. The molecule has 0 bridgehead atoms. The van der Waals surface area contributed by atoms with Gasteiger partial charge in [0, 0.05) is 37.8 Å². The Labute approximate surface area is 197 Å². The number of fused-ring (bicyclic) bond motifs is 2. The molecule has 178 valence electrons. The lowest BCUT2D eigenvalue weighted by atomic mass is 9.75. The Bertz CT molecular complexity index is 1160. The third kappa shape index (κ3) is 4.11. The summed E-state index contributed by atoms with van der Waals surface area (Å²) in [6, 6.07) is 7.11. The van der Waals surface area contributed by atoms with Gasteiger partial charge in [0.05, 0.1) is 5.41 Å². The Morgan fingerprint density at radius 1 is 1.21 bits per heavy atom. The number of nitrogens with zero attached hydrogens (tertiary/aromatic N) is 2. The molecule has 1 saturated heterocycles. The van der Waals surface area contributed by atoms with Crippen molar-refractivity contribution in [2.75, 3.05) is 23.8 Å². The van der Waals surface area contributed by atoms with Gasteiger partial charge >= 0.3 is 0 Å². The topological polar surface area (TPSA) is 114 Å². The molecule has 1 saturated carbocycles. The van der Waals surface area contributed by atoms with E-state index in [1.165, 1.54) is 4.68 Å². The Balaban J connectivity index is 1.36. The van der Waals surface area contributed by atoms with Gasteiger partial charge in [0.1, 0.15) is 11.4 Å². The van der Waals surface area contributed by atoms with Crippen LogP contribution in [0.1, 0.15) is 54.6 Å². The van der Waals surface area contributed by atoms with E-state index in [-0.39, 0.29) is 23.4 Å². The molecule has 1 aromatic heterocycles. The fraction of sp³-hybridized carbons (Fsp3) is 0.440. The van der Waals surface area contributed by atoms with E-state index in [0.717, 1.165) is 31.2 Å². The van der Waals surface area contributed by atoms with Gasteiger partial charge in [-0.2, -0.15) is 5.10 Å². The van der Waals surface area contributed by atoms with Gasteiger partial charge in [0.15, 0.2) is 0 Å². The average Bonchev–Trinajstić information content (AvgIpc) is 3.55. The summed E-state index contributed by atoms with van der Waals surface area (Å²) in [6.07, 6.45) is 8.91. The quantitative estimate of drug-likeness (QED) is 0.590. The maximum atomic E-state index is 13.2. The SMILES string of the molecule is Cn1nccc1C(=O)N/C(=C/C1CCCC1)C(=O)Nc1ccc2c(c1)NC(=O)C21CCOCC1. The molecule has 2 fully saturated rings. The molecule has 0 atom stereocenters. The van der Waals surface area contributed by atoms with Crippen LogP contribution in [-0.2, 0) is 26.8 Å². The minimum absolute atomic E-state index is 0.0143. The van der Waals surface area contributed by atoms with Crippen LogP contribution in [0.5, 0.6) is 0 Å². The van der Waals surface area contributed by atoms with Crippen molar-refractivity contribution in [1.82, 2.24) is 15.1 Å². The van der Waals surface area contributed by atoms with E-state index in [9.17, 15) is 14.4 Å². The number of carbonyl (C=O) groups is 3. The number of amides is 3. The zero-order chi connectivity index (χ0) is 23.7. The molecule has 3 N–H and O–H groups in total. The molecule has 3 heterocycles. The molecule has 0 radical (unpaired) electrons. The number of hydrogen-bond acceptors (Lipinski definition) is 5. The molecule has 2 aromatic rings. The number of ether oxygens (including phenoxy) is 1. The second kappa shape index (κ2) is 9.06. The number of anilines is 2. The summed E-state index contributed by atoms with van der Waals surface area (Å²) in [4.78, 5) is 38.8. The Kier molecular flexibility index (Phi) is 5.95.